The summed E-state index contributed by atoms with van der Waals surface area (Å²) in [6.07, 6.45) is 0. The third-order valence-corrected chi connectivity index (χ3v) is 4.17. The lowest BCUT2D eigenvalue weighted by molar-refractivity contribution is 0.104. The molecule has 3 aromatic rings. The third kappa shape index (κ3) is 2.60. The van der Waals surface area contributed by atoms with E-state index in [1.807, 2.05) is 62.4 Å². The molecular weight excluding hydrogens is 279 g/mol. The first-order valence-electron chi connectivity index (χ1n) is 6.59. The van der Waals surface area contributed by atoms with Gasteiger partial charge in [0, 0.05) is 11.1 Å². The van der Waals surface area contributed by atoms with Crippen LogP contribution in [0.5, 0.6) is 0 Å². The summed E-state index contributed by atoms with van der Waals surface area (Å²) in [6, 6.07) is 17.2. The first-order valence-corrected chi connectivity index (χ1v) is 7.40. The lowest BCUT2D eigenvalue weighted by Gasteiger charge is -2.05. The van der Waals surface area contributed by atoms with Gasteiger partial charge in [0.1, 0.15) is 12.7 Å². The van der Waals surface area contributed by atoms with Crippen LogP contribution in [0.25, 0.3) is 11.3 Å². The number of anilines is 1. The molecule has 102 valence electrons. The van der Waals surface area contributed by atoms with E-state index in [0.29, 0.717) is 21.3 Å². The van der Waals surface area contributed by atoms with Crippen LogP contribution in [-0.4, -0.2) is 18.6 Å². The van der Waals surface area contributed by atoms with Gasteiger partial charge in [-0.05, 0) is 0 Å². The molecule has 0 aliphatic heterocycles. The van der Waals surface area contributed by atoms with Gasteiger partial charge in [0.2, 0.25) is 5.78 Å². The average Bonchev–Trinajstić information content (AvgIpc) is 2.90. The lowest BCUT2D eigenvalue weighted by Crippen LogP contribution is -2.15. The number of carbonyl (C=O) groups is 1. The van der Waals surface area contributed by atoms with Crippen molar-refractivity contribution in [3.8, 4) is 11.3 Å². The van der Waals surface area contributed by atoms with Crippen LogP contribution >= 0.6 is 11.3 Å². The minimum atomic E-state index is -0.0267. The van der Waals surface area contributed by atoms with Gasteiger partial charge in [-0.15, -0.1) is 0 Å². The molecule has 5 heteroatoms. The lowest BCUT2D eigenvalue weighted by atomic mass is 9.88. The van der Waals surface area contributed by atoms with Crippen LogP contribution in [-0.2, 0) is 0 Å². The van der Waals surface area contributed by atoms with Crippen molar-refractivity contribution in [1.82, 2.24) is 4.98 Å². The van der Waals surface area contributed by atoms with Crippen molar-refractivity contribution < 1.29 is 4.79 Å². The molecule has 0 unspecified atom stereocenters. The highest BCUT2D eigenvalue weighted by Gasteiger charge is 2.20. The summed E-state index contributed by atoms with van der Waals surface area (Å²) in [4.78, 5) is 17.7. The number of carbonyl (C=O) groups excluding carboxylic acids is 1. The summed E-state index contributed by atoms with van der Waals surface area (Å²) in [5, 5.41) is 0.408. The zero-order valence-electron chi connectivity index (χ0n) is 11.5. The predicted molar refractivity (Wildman–Crippen MR) is 90.0 cm³/mol. The van der Waals surface area contributed by atoms with Crippen LogP contribution < -0.4 is 11.2 Å². The van der Waals surface area contributed by atoms with E-state index < -0.39 is 0 Å². The summed E-state index contributed by atoms with van der Waals surface area (Å²) in [7, 11) is 1.93. The predicted octanol–water partition coefficient (Wildman–Crippen LogP) is 1.88. The highest BCUT2D eigenvalue weighted by atomic mass is 32.1. The molecule has 1 heterocycles. The first kappa shape index (κ1) is 13.6. The highest BCUT2D eigenvalue weighted by Crippen LogP contribution is 2.31. The number of nitrogens with two attached hydrogens (primary N) is 1. The van der Waals surface area contributed by atoms with Crippen molar-refractivity contribution in [3.05, 3.63) is 65.0 Å². The Labute approximate surface area is 127 Å². The molecule has 0 saturated carbocycles. The number of thiazole rings is 1. The van der Waals surface area contributed by atoms with Gasteiger partial charge >= 0.3 is 0 Å². The second-order valence-electron chi connectivity index (χ2n) is 4.74. The van der Waals surface area contributed by atoms with E-state index >= 15 is 0 Å². The summed E-state index contributed by atoms with van der Waals surface area (Å²) in [5.41, 5.74) is 9.03. The standard InChI is InChI=1S/C16H13BN2OS/c17-12-9-5-4-8-11(12)14(20)15-13(19-16(18)21-15)10-6-2-1-3-7-10/h1-9H,17H2,(H2,18,19). The van der Waals surface area contributed by atoms with Gasteiger partial charge in [0.05, 0.1) is 5.69 Å². The monoisotopic (exact) mass is 292 g/mol. The Morgan fingerprint density at radius 1 is 1.05 bits per heavy atom. The Morgan fingerprint density at radius 2 is 1.71 bits per heavy atom. The Balaban J connectivity index is 2.12. The molecule has 0 bridgehead atoms. The molecule has 0 atom stereocenters. The van der Waals surface area contributed by atoms with E-state index in [1.54, 1.807) is 0 Å². The molecule has 0 aliphatic carbocycles. The van der Waals surface area contributed by atoms with Crippen LogP contribution in [0.2, 0.25) is 0 Å². The third-order valence-electron chi connectivity index (χ3n) is 3.29. The molecule has 0 radical (unpaired) electrons. The number of benzene rings is 2. The maximum atomic E-state index is 12.8. The quantitative estimate of drug-likeness (QED) is 0.592. The fraction of sp³-hybridized carbons (Fsp3) is 0. The molecule has 2 N–H and O–H groups in total. The van der Waals surface area contributed by atoms with Gasteiger partial charge < -0.3 is 5.73 Å². The van der Waals surface area contributed by atoms with Crippen molar-refractivity contribution in [2.45, 2.75) is 0 Å². The topological polar surface area (TPSA) is 56.0 Å². The largest absolute Gasteiger partial charge is 0.375 e. The van der Waals surface area contributed by atoms with E-state index in [0.717, 1.165) is 11.0 Å². The molecule has 0 amide bonds. The first-order chi connectivity index (χ1) is 10.2. The van der Waals surface area contributed by atoms with Gasteiger partial charge in [0.25, 0.3) is 0 Å². The average molecular weight is 292 g/mol. The molecular formula is C16H13BN2OS. The zero-order valence-corrected chi connectivity index (χ0v) is 12.4. The van der Waals surface area contributed by atoms with Gasteiger partial charge in [-0.25, -0.2) is 4.98 Å². The number of hydrogen-bond donors (Lipinski definition) is 1. The number of nitrogens with zero attached hydrogens (tertiary/aromatic N) is 1. The summed E-state index contributed by atoms with van der Waals surface area (Å²) >= 11 is 1.24. The van der Waals surface area contributed by atoms with Crippen LogP contribution in [0.4, 0.5) is 5.13 Å². The Bertz CT molecular complexity index is 799. The van der Waals surface area contributed by atoms with Gasteiger partial charge in [-0.2, -0.15) is 0 Å². The molecule has 21 heavy (non-hydrogen) atoms. The Kier molecular flexibility index (Phi) is 3.58. The summed E-state index contributed by atoms with van der Waals surface area (Å²) in [5.74, 6) is -0.0267. The minimum Gasteiger partial charge on any atom is -0.375 e. The fourth-order valence-corrected chi connectivity index (χ4v) is 3.04. The zero-order chi connectivity index (χ0) is 14.8. The summed E-state index contributed by atoms with van der Waals surface area (Å²) < 4.78 is 0. The van der Waals surface area contributed by atoms with E-state index in [2.05, 4.69) is 4.98 Å². The number of nitrogen functional groups attached to an aromatic ring is 1. The van der Waals surface area contributed by atoms with E-state index in [9.17, 15) is 4.79 Å². The van der Waals surface area contributed by atoms with Crippen LogP contribution in [0, 0.1) is 0 Å². The number of ketones is 1. The summed E-state index contributed by atoms with van der Waals surface area (Å²) in [6.45, 7) is 0. The van der Waals surface area contributed by atoms with E-state index in [1.165, 1.54) is 11.3 Å². The molecule has 1 aromatic heterocycles. The normalized spacial score (nSPS) is 10.5. The van der Waals surface area contributed by atoms with E-state index in [4.69, 9.17) is 5.73 Å². The van der Waals surface area contributed by atoms with Gasteiger partial charge in [-0.3, -0.25) is 4.79 Å². The fourth-order valence-electron chi connectivity index (χ4n) is 2.23. The molecule has 3 nitrogen and oxygen atoms in total. The van der Waals surface area contributed by atoms with Crippen LogP contribution in [0.3, 0.4) is 0 Å². The molecule has 2 aromatic carbocycles. The Hall–Kier alpha value is -2.40. The second-order valence-corrected chi connectivity index (χ2v) is 5.77. The maximum Gasteiger partial charge on any atom is 0.204 e. The van der Waals surface area contributed by atoms with Crippen molar-refractivity contribution in [2.75, 3.05) is 5.73 Å². The van der Waals surface area contributed by atoms with Crippen LogP contribution in [0.15, 0.2) is 54.6 Å². The number of aromatic nitrogens is 1. The number of hydrogen-bond acceptors (Lipinski definition) is 4. The van der Waals surface area contributed by atoms with Crippen molar-refractivity contribution >= 4 is 35.6 Å². The molecule has 0 saturated heterocycles. The minimum absolute atomic E-state index is 0.0267. The van der Waals surface area contributed by atoms with Crippen molar-refractivity contribution in [3.63, 3.8) is 0 Å². The Morgan fingerprint density at radius 3 is 2.43 bits per heavy atom. The SMILES string of the molecule is Bc1ccccc1C(=O)c1sc(N)nc1-c1ccccc1. The second kappa shape index (κ2) is 5.54. The smallest absolute Gasteiger partial charge is 0.204 e. The molecule has 3 rings (SSSR count). The number of rotatable bonds is 3. The molecule has 0 spiro atoms. The van der Waals surface area contributed by atoms with Crippen molar-refractivity contribution in [1.29, 1.82) is 0 Å². The van der Waals surface area contributed by atoms with Gasteiger partial charge in [-0.1, -0.05) is 71.4 Å². The molecule has 0 fully saturated rings. The maximum absolute atomic E-state index is 12.8. The van der Waals surface area contributed by atoms with E-state index in [-0.39, 0.29) is 5.78 Å². The van der Waals surface area contributed by atoms with Crippen molar-refractivity contribution in [2.24, 2.45) is 0 Å². The van der Waals surface area contributed by atoms with Gasteiger partial charge in [0.15, 0.2) is 5.13 Å². The molecule has 0 aliphatic rings. The van der Waals surface area contributed by atoms with Crippen LogP contribution in [0.1, 0.15) is 15.2 Å². The highest BCUT2D eigenvalue weighted by molar-refractivity contribution is 7.18.